The van der Waals surface area contributed by atoms with Crippen LogP contribution in [0.5, 0.6) is 5.88 Å². The maximum Gasteiger partial charge on any atom is 0.250 e. The van der Waals surface area contributed by atoms with Crippen molar-refractivity contribution in [2.75, 3.05) is 7.05 Å². The van der Waals surface area contributed by atoms with E-state index in [-0.39, 0.29) is 24.8 Å². The Morgan fingerprint density at radius 1 is 1.38 bits per heavy atom. The smallest absolute Gasteiger partial charge is 0.250 e. The lowest BCUT2D eigenvalue weighted by Gasteiger charge is -2.38. The number of nitrogens with zero attached hydrogens (tertiary/aromatic N) is 2. The molecule has 0 atom stereocenters. The average molecular weight is 363 g/mol. The predicted octanol–water partition coefficient (Wildman–Crippen LogP) is 4.77. The summed E-state index contributed by atoms with van der Waals surface area (Å²) in [7, 11) is 1.82. The number of rotatable bonds is 4. The van der Waals surface area contributed by atoms with Crippen LogP contribution in [0.25, 0.3) is 5.57 Å². The van der Waals surface area contributed by atoms with E-state index < -0.39 is 11.5 Å². The third kappa shape index (κ3) is 4.49. The van der Waals surface area contributed by atoms with Crippen molar-refractivity contribution in [3.8, 4) is 5.88 Å². The second-order valence-electron chi connectivity index (χ2n) is 6.29. The minimum Gasteiger partial charge on any atom is -0.472 e. The van der Waals surface area contributed by atoms with Crippen LogP contribution in [-0.4, -0.2) is 28.8 Å². The fourth-order valence-corrected chi connectivity index (χ4v) is 2.92. The fraction of sp³-hybridized carbons (Fsp3) is 0.450. The number of hydrazine groups is 1. The summed E-state index contributed by atoms with van der Waals surface area (Å²) in [6.45, 7) is 7.45. The van der Waals surface area contributed by atoms with Crippen LogP contribution in [0.4, 0.5) is 8.78 Å². The van der Waals surface area contributed by atoms with Gasteiger partial charge in [-0.3, -0.25) is 5.01 Å². The van der Waals surface area contributed by atoms with Crippen LogP contribution >= 0.6 is 0 Å². The van der Waals surface area contributed by atoms with Crippen molar-refractivity contribution in [2.24, 2.45) is 0 Å². The largest absolute Gasteiger partial charge is 0.472 e. The number of aromatic nitrogens is 1. The summed E-state index contributed by atoms with van der Waals surface area (Å²) >= 11 is 0. The molecule has 1 aliphatic heterocycles. The number of nitrogens with one attached hydrogen (secondary N) is 1. The Morgan fingerprint density at radius 2 is 2.08 bits per heavy atom. The van der Waals surface area contributed by atoms with Gasteiger partial charge in [0.15, 0.2) is 5.82 Å². The SMILES string of the molecule is C/C=C1/C=C(c2cnc(OC3CC(C)(F)C3)c(F)c2)C=CN1NC.CC. The summed E-state index contributed by atoms with van der Waals surface area (Å²) in [6, 6.07) is 1.40. The van der Waals surface area contributed by atoms with Crippen molar-refractivity contribution in [3.63, 3.8) is 0 Å². The van der Waals surface area contributed by atoms with Gasteiger partial charge in [-0.25, -0.2) is 19.2 Å². The molecular formula is C20H27F2N3O. The minimum atomic E-state index is -1.21. The van der Waals surface area contributed by atoms with Crippen LogP contribution in [0.15, 0.2) is 42.4 Å². The van der Waals surface area contributed by atoms with Crippen LogP contribution in [0, 0.1) is 5.82 Å². The quantitative estimate of drug-likeness (QED) is 0.836. The van der Waals surface area contributed by atoms with Crippen molar-refractivity contribution in [2.45, 2.75) is 52.3 Å². The van der Waals surface area contributed by atoms with Gasteiger partial charge in [0.1, 0.15) is 11.8 Å². The molecular weight excluding hydrogens is 336 g/mol. The van der Waals surface area contributed by atoms with Crippen molar-refractivity contribution < 1.29 is 13.5 Å². The maximum absolute atomic E-state index is 14.3. The summed E-state index contributed by atoms with van der Waals surface area (Å²) in [6.07, 6.45) is 9.44. The first-order valence-corrected chi connectivity index (χ1v) is 8.96. The van der Waals surface area contributed by atoms with Gasteiger partial charge in [-0.15, -0.1) is 0 Å². The zero-order chi connectivity index (χ0) is 19.3. The van der Waals surface area contributed by atoms with E-state index in [1.165, 1.54) is 13.0 Å². The monoisotopic (exact) mass is 363 g/mol. The molecule has 2 heterocycles. The van der Waals surface area contributed by atoms with E-state index in [0.717, 1.165) is 11.3 Å². The molecule has 0 spiro atoms. The second kappa shape index (κ2) is 8.45. The van der Waals surface area contributed by atoms with Crippen LogP contribution in [0.2, 0.25) is 0 Å². The molecule has 1 aromatic rings. The van der Waals surface area contributed by atoms with E-state index in [9.17, 15) is 8.78 Å². The first-order chi connectivity index (χ1) is 12.4. The predicted molar refractivity (Wildman–Crippen MR) is 100 cm³/mol. The van der Waals surface area contributed by atoms with E-state index in [0.29, 0.717) is 5.56 Å². The molecule has 0 aromatic carbocycles. The third-order valence-electron chi connectivity index (χ3n) is 4.25. The summed E-state index contributed by atoms with van der Waals surface area (Å²) in [5.74, 6) is -0.602. The fourth-order valence-electron chi connectivity index (χ4n) is 2.92. The zero-order valence-electron chi connectivity index (χ0n) is 16.0. The van der Waals surface area contributed by atoms with E-state index in [1.54, 1.807) is 6.20 Å². The van der Waals surface area contributed by atoms with Crippen LogP contribution in [0.1, 0.15) is 46.1 Å². The Bertz CT molecular complexity index is 718. The lowest BCUT2D eigenvalue weighted by Crippen LogP contribution is -2.44. The van der Waals surface area contributed by atoms with Crippen LogP contribution in [0.3, 0.4) is 0 Å². The topological polar surface area (TPSA) is 37.4 Å². The standard InChI is InChI=1S/C18H21F2N3O.C2H6/c1-4-14-7-12(5-6-23(14)21-3)13-8-16(19)17(22-11-13)24-15-9-18(2,20)10-15;1-2/h4-8,11,15,21H,9-10H2,1-3H3;1-2H3/b14-4-;. The van der Waals surface area contributed by atoms with Gasteiger partial charge in [-0.1, -0.05) is 19.9 Å². The first-order valence-electron chi connectivity index (χ1n) is 8.96. The van der Waals surface area contributed by atoms with Crippen molar-refractivity contribution >= 4 is 5.57 Å². The maximum atomic E-state index is 14.3. The molecule has 1 aromatic heterocycles. The summed E-state index contributed by atoms with van der Waals surface area (Å²) < 4.78 is 33.2. The molecule has 142 valence electrons. The van der Waals surface area contributed by atoms with Crippen LogP contribution < -0.4 is 10.2 Å². The van der Waals surface area contributed by atoms with Gasteiger partial charge in [0, 0.05) is 37.8 Å². The number of ether oxygens (including phenoxy) is 1. The molecule has 0 radical (unpaired) electrons. The van der Waals surface area contributed by atoms with Gasteiger partial charge >= 0.3 is 0 Å². The van der Waals surface area contributed by atoms with Gasteiger partial charge in [-0.05, 0) is 37.6 Å². The Hall–Kier alpha value is -2.21. The Kier molecular flexibility index (Phi) is 6.53. The average Bonchev–Trinajstić information content (AvgIpc) is 2.62. The molecule has 0 unspecified atom stereocenters. The van der Waals surface area contributed by atoms with Gasteiger partial charge < -0.3 is 4.74 Å². The third-order valence-corrected chi connectivity index (χ3v) is 4.25. The van der Waals surface area contributed by atoms with E-state index >= 15 is 0 Å². The Labute approximate surface area is 154 Å². The van der Waals surface area contributed by atoms with E-state index in [4.69, 9.17) is 4.74 Å². The Balaban J connectivity index is 0.00000117. The molecule has 3 rings (SSSR count). The lowest BCUT2D eigenvalue weighted by atomic mass is 9.81. The molecule has 1 aliphatic carbocycles. The minimum absolute atomic E-state index is 0.0669. The van der Waals surface area contributed by atoms with Crippen molar-refractivity contribution in [1.82, 2.24) is 15.4 Å². The number of allylic oxidation sites excluding steroid dienone is 4. The normalized spacial score (nSPS) is 26.0. The molecule has 2 aliphatic rings. The number of hydrogen-bond donors (Lipinski definition) is 1. The molecule has 0 amide bonds. The zero-order valence-corrected chi connectivity index (χ0v) is 16.0. The van der Waals surface area contributed by atoms with Gasteiger partial charge in [0.05, 0.1) is 5.70 Å². The number of halogens is 2. The molecule has 0 bridgehead atoms. The lowest BCUT2D eigenvalue weighted by molar-refractivity contribution is -0.0328. The molecule has 1 fully saturated rings. The number of hydrogen-bond acceptors (Lipinski definition) is 4. The second-order valence-corrected chi connectivity index (χ2v) is 6.29. The number of pyridine rings is 1. The summed E-state index contributed by atoms with van der Waals surface area (Å²) in [4.78, 5) is 4.07. The highest BCUT2D eigenvalue weighted by molar-refractivity contribution is 5.77. The highest BCUT2D eigenvalue weighted by Gasteiger charge is 2.42. The molecule has 4 nitrogen and oxygen atoms in total. The Morgan fingerprint density at radius 3 is 2.62 bits per heavy atom. The number of alkyl halides is 1. The highest BCUT2D eigenvalue weighted by atomic mass is 19.1. The van der Waals surface area contributed by atoms with Crippen LogP contribution in [-0.2, 0) is 0 Å². The van der Waals surface area contributed by atoms with Crippen molar-refractivity contribution in [1.29, 1.82) is 0 Å². The summed E-state index contributed by atoms with van der Waals surface area (Å²) in [5, 5.41) is 1.86. The molecule has 1 N–H and O–H groups in total. The molecule has 0 saturated heterocycles. The summed E-state index contributed by atoms with van der Waals surface area (Å²) in [5.41, 5.74) is 4.29. The first kappa shape index (κ1) is 20.1. The van der Waals surface area contributed by atoms with Crippen molar-refractivity contribution in [3.05, 3.63) is 53.8 Å². The highest BCUT2D eigenvalue weighted by Crippen LogP contribution is 2.38. The van der Waals surface area contributed by atoms with E-state index in [1.807, 2.05) is 57.3 Å². The molecule has 26 heavy (non-hydrogen) atoms. The van der Waals surface area contributed by atoms with Gasteiger partial charge in [-0.2, -0.15) is 0 Å². The van der Waals surface area contributed by atoms with Gasteiger partial charge in [0.2, 0.25) is 0 Å². The molecule has 1 saturated carbocycles. The van der Waals surface area contributed by atoms with E-state index in [2.05, 4.69) is 10.4 Å². The van der Waals surface area contributed by atoms with Gasteiger partial charge in [0.25, 0.3) is 5.88 Å². The molecule has 6 heteroatoms.